The maximum Gasteiger partial charge on any atom is 0.341 e. The van der Waals surface area contributed by atoms with E-state index >= 15 is 0 Å². The number of hydrogen-bond donors (Lipinski definition) is 1. The summed E-state index contributed by atoms with van der Waals surface area (Å²) in [5.41, 5.74) is 0.290. The molecule has 3 atom stereocenters. The Kier molecular flexibility index (Phi) is 4.10. The highest BCUT2D eigenvalue weighted by Gasteiger charge is 2.50. The molecule has 1 saturated heterocycles. The number of amides is 1. The Balaban J connectivity index is 1.78. The van der Waals surface area contributed by atoms with Gasteiger partial charge in [-0.25, -0.2) is 9.18 Å². The highest BCUT2D eigenvalue weighted by Crippen LogP contribution is 2.41. The summed E-state index contributed by atoms with van der Waals surface area (Å²) >= 11 is 0. The monoisotopic (exact) mass is 321 g/mol. The first-order valence-corrected chi connectivity index (χ1v) is 7.86. The molecule has 124 valence electrons. The van der Waals surface area contributed by atoms with E-state index in [0.29, 0.717) is 18.5 Å². The number of anilines is 1. The number of nitrogens with zero attached hydrogens (tertiary/aromatic N) is 1. The van der Waals surface area contributed by atoms with Crippen molar-refractivity contribution in [2.75, 3.05) is 11.5 Å². The van der Waals surface area contributed by atoms with Crippen LogP contribution >= 0.6 is 0 Å². The zero-order chi connectivity index (χ0) is 16.7. The molecule has 23 heavy (non-hydrogen) atoms. The van der Waals surface area contributed by atoms with Gasteiger partial charge in [0.2, 0.25) is 5.91 Å². The number of hydrogen-bond acceptors (Lipinski definition) is 4. The third-order valence-electron chi connectivity index (χ3n) is 4.42. The largest absolute Gasteiger partial charge is 0.462 e. The van der Waals surface area contributed by atoms with Gasteiger partial charge in [-0.15, -0.1) is 0 Å². The van der Waals surface area contributed by atoms with Crippen LogP contribution in [0, 0.1) is 17.7 Å². The molecule has 2 fully saturated rings. The normalized spacial score (nSPS) is 26.2. The molecule has 1 aromatic rings. The van der Waals surface area contributed by atoms with Crippen LogP contribution in [-0.2, 0) is 9.53 Å². The van der Waals surface area contributed by atoms with Crippen molar-refractivity contribution in [2.45, 2.75) is 38.8 Å². The van der Waals surface area contributed by atoms with Crippen molar-refractivity contribution in [3.05, 3.63) is 29.6 Å². The molecule has 1 aromatic carbocycles. The summed E-state index contributed by atoms with van der Waals surface area (Å²) in [7, 11) is 0. The Morgan fingerprint density at radius 2 is 2.17 bits per heavy atom. The molecule has 2 bridgehead atoms. The van der Waals surface area contributed by atoms with Gasteiger partial charge in [0.1, 0.15) is 5.82 Å². The van der Waals surface area contributed by atoms with Gasteiger partial charge in [-0.2, -0.15) is 0 Å². The summed E-state index contributed by atoms with van der Waals surface area (Å²) in [4.78, 5) is 25.6. The average molecular weight is 321 g/mol. The fourth-order valence-electron chi connectivity index (χ4n) is 3.30. The number of carbonyl (C=O) groups is 2. The standard InChI is InChI=1S/C17H20FNO4/c1-9(2)8-23-17(22)12-4-3-10(6-14(12)18)19-11-5-13(16(19)21)15(20)7-11/h3-4,6,9,11,13,15,20H,5,7-8H2,1-2H3/t11-,13+,15+/m0/s1. The van der Waals surface area contributed by atoms with E-state index < -0.39 is 23.8 Å². The molecule has 0 radical (unpaired) electrons. The number of halogens is 1. The van der Waals surface area contributed by atoms with Crippen molar-refractivity contribution in [1.29, 1.82) is 0 Å². The SMILES string of the molecule is CC(C)COC(=O)c1ccc(N2C(=O)[C@@H]3C[C@H]2C[C@H]3O)cc1F. The first-order valence-electron chi connectivity index (χ1n) is 7.86. The second-order valence-corrected chi connectivity index (χ2v) is 6.66. The first kappa shape index (κ1) is 15.9. The van der Waals surface area contributed by atoms with Crippen molar-refractivity contribution in [1.82, 2.24) is 0 Å². The van der Waals surface area contributed by atoms with Gasteiger partial charge in [0, 0.05) is 11.7 Å². The summed E-state index contributed by atoms with van der Waals surface area (Å²) in [5.74, 6) is -1.80. The molecule has 0 spiro atoms. The highest BCUT2D eigenvalue weighted by molar-refractivity contribution is 6.00. The minimum Gasteiger partial charge on any atom is -0.462 e. The smallest absolute Gasteiger partial charge is 0.341 e. The van der Waals surface area contributed by atoms with Gasteiger partial charge in [0.25, 0.3) is 0 Å². The lowest BCUT2D eigenvalue weighted by Gasteiger charge is -2.29. The second-order valence-electron chi connectivity index (χ2n) is 6.66. The van der Waals surface area contributed by atoms with Crippen LogP contribution in [0.2, 0.25) is 0 Å². The van der Waals surface area contributed by atoms with Gasteiger partial charge in [-0.3, -0.25) is 4.79 Å². The molecule has 6 heteroatoms. The number of esters is 1. The van der Waals surface area contributed by atoms with Gasteiger partial charge in [0.05, 0.1) is 24.2 Å². The lowest BCUT2D eigenvalue weighted by Crippen LogP contribution is -2.42. The molecule has 0 unspecified atom stereocenters. The van der Waals surface area contributed by atoms with Crippen LogP contribution in [0.3, 0.4) is 0 Å². The van der Waals surface area contributed by atoms with Crippen LogP contribution in [0.1, 0.15) is 37.0 Å². The van der Waals surface area contributed by atoms with E-state index in [1.165, 1.54) is 17.0 Å². The predicted molar refractivity (Wildman–Crippen MR) is 81.5 cm³/mol. The topological polar surface area (TPSA) is 66.8 Å². The first-order chi connectivity index (χ1) is 10.9. The van der Waals surface area contributed by atoms with Crippen LogP contribution < -0.4 is 4.90 Å². The summed E-state index contributed by atoms with van der Waals surface area (Å²) < 4.78 is 19.3. The maximum atomic E-state index is 14.2. The summed E-state index contributed by atoms with van der Waals surface area (Å²) in [6, 6.07) is 4.00. The molecule has 0 aromatic heterocycles. The summed E-state index contributed by atoms with van der Waals surface area (Å²) in [5, 5.41) is 9.75. The number of carbonyl (C=O) groups excluding carboxylic acids is 2. The summed E-state index contributed by atoms with van der Waals surface area (Å²) in [6.07, 6.45) is 0.509. The zero-order valence-electron chi connectivity index (χ0n) is 13.2. The van der Waals surface area contributed by atoms with Crippen molar-refractivity contribution < 1.29 is 23.8 Å². The molecule has 2 aliphatic rings. The number of benzene rings is 1. The minimum atomic E-state index is -0.702. The lowest BCUT2D eigenvalue weighted by molar-refractivity contribution is -0.124. The Morgan fingerprint density at radius 1 is 1.43 bits per heavy atom. The minimum absolute atomic E-state index is 0.0966. The third kappa shape index (κ3) is 2.83. The van der Waals surface area contributed by atoms with Gasteiger partial charge in [-0.1, -0.05) is 13.8 Å². The molecule has 5 nitrogen and oxygen atoms in total. The van der Waals surface area contributed by atoms with Gasteiger partial charge >= 0.3 is 5.97 Å². The molecular formula is C17H20FNO4. The molecule has 1 saturated carbocycles. The van der Waals surface area contributed by atoms with Crippen molar-refractivity contribution in [3.63, 3.8) is 0 Å². The van der Waals surface area contributed by atoms with E-state index in [0.717, 1.165) is 0 Å². The average Bonchev–Trinajstić information content (AvgIpc) is 3.00. The molecule has 1 aliphatic carbocycles. The number of rotatable bonds is 4. The van der Waals surface area contributed by atoms with E-state index in [1.807, 2.05) is 13.8 Å². The van der Waals surface area contributed by atoms with Crippen LogP contribution in [-0.4, -0.2) is 35.7 Å². The van der Waals surface area contributed by atoms with Crippen LogP contribution in [0.5, 0.6) is 0 Å². The fraction of sp³-hybridized carbons (Fsp3) is 0.529. The highest BCUT2D eigenvalue weighted by atomic mass is 19.1. The molecule has 1 heterocycles. The van der Waals surface area contributed by atoms with Gasteiger partial charge < -0.3 is 14.7 Å². The van der Waals surface area contributed by atoms with E-state index in [9.17, 15) is 19.1 Å². The van der Waals surface area contributed by atoms with Crippen molar-refractivity contribution in [3.8, 4) is 0 Å². The van der Waals surface area contributed by atoms with E-state index in [4.69, 9.17) is 4.74 Å². The number of aliphatic hydroxyl groups excluding tert-OH is 1. The fourth-order valence-corrected chi connectivity index (χ4v) is 3.30. The lowest BCUT2D eigenvalue weighted by atomic mass is 10.0. The molecule has 3 rings (SSSR count). The van der Waals surface area contributed by atoms with E-state index in [-0.39, 0.29) is 30.0 Å². The number of piperidine rings is 1. The zero-order valence-corrected chi connectivity index (χ0v) is 13.2. The van der Waals surface area contributed by atoms with Crippen LogP contribution in [0.4, 0.5) is 10.1 Å². The Hall–Kier alpha value is -1.95. The van der Waals surface area contributed by atoms with E-state index in [2.05, 4.69) is 0 Å². The second kappa shape index (κ2) is 5.92. The molecule has 1 aliphatic heterocycles. The Bertz CT molecular complexity index is 645. The Labute approximate surface area is 134 Å². The predicted octanol–water partition coefficient (Wildman–Crippen LogP) is 2.12. The third-order valence-corrected chi connectivity index (χ3v) is 4.42. The number of aliphatic hydroxyl groups is 1. The molecule has 1 N–H and O–H groups in total. The van der Waals surface area contributed by atoms with Crippen molar-refractivity contribution in [2.24, 2.45) is 11.8 Å². The van der Waals surface area contributed by atoms with E-state index in [1.54, 1.807) is 6.07 Å². The van der Waals surface area contributed by atoms with Gasteiger partial charge in [-0.05, 0) is 37.0 Å². The maximum absolute atomic E-state index is 14.2. The van der Waals surface area contributed by atoms with Gasteiger partial charge in [0.15, 0.2) is 0 Å². The molecular weight excluding hydrogens is 301 g/mol. The number of ether oxygens (including phenoxy) is 1. The Morgan fingerprint density at radius 3 is 2.74 bits per heavy atom. The molecule has 1 amide bonds. The van der Waals surface area contributed by atoms with Crippen LogP contribution in [0.25, 0.3) is 0 Å². The summed E-state index contributed by atoms with van der Waals surface area (Å²) in [6.45, 7) is 4.02. The van der Waals surface area contributed by atoms with Crippen LogP contribution in [0.15, 0.2) is 18.2 Å². The number of fused-ring (bicyclic) bond motifs is 2. The van der Waals surface area contributed by atoms with Crippen molar-refractivity contribution >= 4 is 17.6 Å². The quantitative estimate of drug-likeness (QED) is 0.863.